The summed E-state index contributed by atoms with van der Waals surface area (Å²) in [6, 6.07) is 2.01. The fraction of sp³-hybridized carbons (Fsp3) is 0.500. The smallest absolute Gasteiger partial charge is 0.254 e. The van der Waals surface area contributed by atoms with Crippen molar-refractivity contribution in [1.82, 2.24) is 4.90 Å². The summed E-state index contributed by atoms with van der Waals surface area (Å²) < 4.78 is 26.7. The van der Waals surface area contributed by atoms with Gasteiger partial charge in [-0.3, -0.25) is 4.79 Å². The molecule has 3 nitrogen and oxygen atoms in total. The molecule has 1 aromatic carbocycles. The number of carbonyl (C=O) groups is 1. The highest BCUT2D eigenvalue weighted by molar-refractivity contribution is 5.94. The van der Waals surface area contributed by atoms with E-state index in [0.717, 1.165) is 25.0 Å². The van der Waals surface area contributed by atoms with Crippen molar-refractivity contribution in [3.8, 4) is 0 Å². The minimum Gasteiger partial charge on any atom is -0.394 e. The van der Waals surface area contributed by atoms with Crippen molar-refractivity contribution in [3.05, 3.63) is 29.3 Å². The number of halogens is 2. The number of carbonyl (C=O) groups excluding carboxylic acids is 1. The molecule has 104 valence electrons. The normalized spacial score (nSPS) is 15.1. The average molecular weight is 268 g/mol. The van der Waals surface area contributed by atoms with E-state index >= 15 is 0 Å². The van der Waals surface area contributed by atoms with Crippen molar-refractivity contribution in [2.24, 2.45) is 5.92 Å². The van der Waals surface area contributed by atoms with Crippen LogP contribution in [0.2, 0.25) is 0 Å². The van der Waals surface area contributed by atoms with Gasteiger partial charge in [-0.25, -0.2) is 8.78 Å². The van der Waals surface area contributed by atoms with Crippen LogP contribution in [-0.4, -0.2) is 23.9 Å². The van der Waals surface area contributed by atoms with E-state index in [1.165, 1.54) is 6.42 Å². The second-order valence-corrected chi connectivity index (χ2v) is 4.99. The van der Waals surface area contributed by atoms with Gasteiger partial charge in [0.05, 0.1) is 0 Å². The molecule has 0 saturated heterocycles. The minimum atomic E-state index is -0.886. The third-order valence-corrected chi connectivity index (χ3v) is 3.70. The number of benzene rings is 1. The molecule has 1 aliphatic carbocycles. The van der Waals surface area contributed by atoms with Gasteiger partial charge in [0.15, 0.2) is 0 Å². The highest BCUT2D eigenvalue weighted by Crippen LogP contribution is 2.27. The van der Waals surface area contributed by atoms with Crippen LogP contribution in [0.3, 0.4) is 0 Å². The molecule has 1 aromatic rings. The SMILES string of the molecule is CCN(CC1CCC1)C(=O)c1cc(F)c(N)c(F)c1. The molecule has 0 unspecified atom stereocenters. The predicted octanol–water partition coefficient (Wildman–Crippen LogP) is 2.81. The van der Waals surface area contributed by atoms with Gasteiger partial charge in [-0.1, -0.05) is 6.42 Å². The van der Waals surface area contributed by atoms with Gasteiger partial charge in [0.2, 0.25) is 0 Å². The lowest BCUT2D eigenvalue weighted by Gasteiger charge is -2.31. The van der Waals surface area contributed by atoms with Gasteiger partial charge < -0.3 is 10.6 Å². The Hall–Kier alpha value is -1.65. The van der Waals surface area contributed by atoms with Crippen LogP contribution < -0.4 is 5.73 Å². The lowest BCUT2D eigenvalue weighted by molar-refractivity contribution is 0.0705. The van der Waals surface area contributed by atoms with Crippen molar-refractivity contribution in [2.75, 3.05) is 18.8 Å². The van der Waals surface area contributed by atoms with Crippen molar-refractivity contribution in [1.29, 1.82) is 0 Å². The summed E-state index contributed by atoms with van der Waals surface area (Å²) in [6.45, 7) is 3.05. The maximum Gasteiger partial charge on any atom is 0.254 e. The fourth-order valence-electron chi connectivity index (χ4n) is 2.23. The van der Waals surface area contributed by atoms with Gasteiger partial charge in [0.25, 0.3) is 5.91 Å². The Bertz CT molecular complexity index is 463. The molecule has 0 heterocycles. The Morgan fingerprint density at radius 2 is 1.95 bits per heavy atom. The molecule has 19 heavy (non-hydrogen) atoms. The molecule has 2 N–H and O–H groups in total. The first-order chi connectivity index (χ1) is 9.02. The summed E-state index contributed by atoms with van der Waals surface area (Å²) in [5.41, 5.74) is 4.67. The van der Waals surface area contributed by atoms with E-state index in [2.05, 4.69) is 0 Å². The van der Waals surface area contributed by atoms with Crippen molar-refractivity contribution in [2.45, 2.75) is 26.2 Å². The summed E-state index contributed by atoms with van der Waals surface area (Å²) in [5, 5.41) is 0. The summed E-state index contributed by atoms with van der Waals surface area (Å²) in [5.74, 6) is -1.59. The molecule has 0 aliphatic heterocycles. The minimum absolute atomic E-state index is 0.0189. The lowest BCUT2D eigenvalue weighted by Crippen LogP contribution is -2.37. The Balaban J connectivity index is 2.16. The predicted molar refractivity (Wildman–Crippen MR) is 69.7 cm³/mol. The Morgan fingerprint density at radius 1 is 1.37 bits per heavy atom. The number of hydrogen-bond acceptors (Lipinski definition) is 2. The largest absolute Gasteiger partial charge is 0.394 e. The summed E-state index contributed by atoms with van der Waals surface area (Å²) in [4.78, 5) is 13.9. The van der Waals surface area contributed by atoms with Crippen LogP contribution in [0.15, 0.2) is 12.1 Å². The van der Waals surface area contributed by atoms with E-state index in [1.807, 2.05) is 6.92 Å². The number of hydrogen-bond donors (Lipinski definition) is 1. The molecule has 0 spiro atoms. The summed E-state index contributed by atoms with van der Waals surface area (Å²) >= 11 is 0. The quantitative estimate of drug-likeness (QED) is 0.853. The van der Waals surface area contributed by atoms with E-state index in [0.29, 0.717) is 19.0 Å². The number of anilines is 1. The third kappa shape index (κ3) is 2.85. The van der Waals surface area contributed by atoms with Gasteiger partial charge in [-0.2, -0.15) is 0 Å². The Morgan fingerprint density at radius 3 is 2.37 bits per heavy atom. The van der Waals surface area contributed by atoms with Gasteiger partial charge >= 0.3 is 0 Å². The lowest BCUT2D eigenvalue weighted by atomic mass is 9.85. The van der Waals surface area contributed by atoms with E-state index in [4.69, 9.17) is 5.73 Å². The molecule has 1 amide bonds. The Kier molecular flexibility index (Phi) is 4.02. The van der Waals surface area contributed by atoms with Crippen molar-refractivity contribution < 1.29 is 13.6 Å². The maximum atomic E-state index is 13.4. The third-order valence-electron chi connectivity index (χ3n) is 3.70. The van der Waals surface area contributed by atoms with Crippen LogP contribution in [0.1, 0.15) is 36.5 Å². The number of amides is 1. The molecule has 1 aliphatic rings. The molecule has 0 atom stereocenters. The number of rotatable bonds is 4. The zero-order valence-corrected chi connectivity index (χ0v) is 11.0. The van der Waals surface area contributed by atoms with Crippen molar-refractivity contribution in [3.63, 3.8) is 0 Å². The van der Waals surface area contributed by atoms with Crippen LogP contribution in [-0.2, 0) is 0 Å². The molecule has 0 radical (unpaired) electrons. The van der Waals surface area contributed by atoms with E-state index in [1.54, 1.807) is 4.90 Å². The molecular weight excluding hydrogens is 250 g/mol. The van der Waals surface area contributed by atoms with Crippen LogP contribution in [0.25, 0.3) is 0 Å². The molecule has 1 fully saturated rings. The number of nitrogens with zero attached hydrogens (tertiary/aromatic N) is 1. The Labute approximate surface area is 111 Å². The standard InChI is InChI=1S/C14H18F2N2O/c1-2-18(8-9-4-3-5-9)14(19)10-6-11(15)13(17)12(16)7-10/h6-7,9H,2-5,8,17H2,1H3. The zero-order valence-electron chi connectivity index (χ0n) is 11.0. The van der Waals surface area contributed by atoms with Crippen LogP contribution in [0.5, 0.6) is 0 Å². The summed E-state index contributed by atoms with van der Waals surface area (Å²) in [7, 11) is 0. The highest BCUT2D eigenvalue weighted by Gasteiger charge is 2.24. The second kappa shape index (κ2) is 5.55. The van der Waals surface area contributed by atoms with Gasteiger partial charge in [0.1, 0.15) is 17.3 Å². The van der Waals surface area contributed by atoms with Crippen LogP contribution in [0, 0.1) is 17.6 Å². The topological polar surface area (TPSA) is 46.3 Å². The van der Waals surface area contributed by atoms with E-state index in [-0.39, 0.29) is 11.5 Å². The highest BCUT2D eigenvalue weighted by atomic mass is 19.1. The number of nitrogen functional groups attached to an aromatic ring is 1. The summed E-state index contributed by atoms with van der Waals surface area (Å²) in [6.07, 6.45) is 3.43. The monoisotopic (exact) mass is 268 g/mol. The maximum absolute atomic E-state index is 13.4. The second-order valence-electron chi connectivity index (χ2n) is 4.99. The molecule has 0 aromatic heterocycles. The van der Waals surface area contributed by atoms with Crippen LogP contribution in [0.4, 0.5) is 14.5 Å². The molecule has 0 bridgehead atoms. The van der Waals surface area contributed by atoms with Gasteiger partial charge in [-0.15, -0.1) is 0 Å². The fourth-order valence-corrected chi connectivity index (χ4v) is 2.23. The van der Waals surface area contributed by atoms with E-state index < -0.39 is 17.3 Å². The number of nitrogens with two attached hydrogens (primary N) is 1. The molecule has 5 heteroatoms. The first kappa shape index (κ1) is 13.8. The van der Waals surface area contributed by atoms with Crippen LogP contribution >= 0.6 is 0 Å². The molecule has 1 saturated carbocycles. The molecular formula is C14H18F2N2O. The van der Waals surface area contributed by atoms with E-state index in [9.17, 15) is 13.6 Å². The van der Waals surface area contributed by atoms with Gasteiger partial charge in [-0.05, 0) is 37.8 Å². The zero-order chi connectivity index (χ0) is 14.0. The first-order valence-electron chi connectivity index (χ1n) is 6.56. The first-order valence-corrected chi connectivity index (χ1v) is 6.56. The average Bonchev–Trinajstić information content (AvgIpc) is 2.33. The molecule has 2 rings (SSSR count). The van der Waals surface area contributed by atoms with Crippen molar-refractivity contribution >= 4 is 11.6 Å². The van der Waals surface area contributed by atoms with Gasteiger partial charge in [0, 0.05) is 18.7 Å².